The van der Waals surface area contributed by atoms with Crippen LogP contribution in [0.5, 0.6) is 0 Å². The van der Waals surface area contributed by atoms with Crippen LogP contribution < -0.4 is 30.9 Å². The zero-order valence-electron chi connectivity index (χ0n) is 33.2. The highest BCUT2D eigenvalue weighted by atomic mass is 32.2. The molecule has 304 valence electrons. The summed E-state index contributed by atoms with van der Waals surface area (Å²) >= 11 is 0. The van der Waals surface area contributed by atoms with Crippen molar-refractivity contribution in [3.05, 3.63) is 101 Å². The zero-order chi connectivity index (χ0) is 40.8. The number of nitrogens with zero attached hydrogens (tertiary/aromatic N) is 2. The summed E-state index contributed by atoms with van der Waals surface area (Å²) in [7, 11) is -2.64. The molecular formula is C41H57N7O7S. The fraction of sp³-hybridized carbons (Fsp3) is 0.463. The maximum atomic E-state index is 14.2. The summed E-state index contributed by atoms with van der Waals surface area (Å²) in [5.74, 6) is -1.78. The van der Waals surface area contributed by atoms with E-state index in [2.05, 4.69) is 26.6 Å². The molecule has 1 aliphatic rings. The predicted octanol–water partition coefficient (Wildman–Crippen LogP) is 3.18. The van der Waals surface area contributed by atoms with Gasteiger partial charge in [-0.25, -0.2) is 0 Å². The number of anilines is 1. The Morgan fingerprint density at radius 1 is 0.804 bits per heavy atom. The molecule has 0 aliphatic carbocycles. The summed E-state index contributed by atoms with van der Waals surface area (Å²) in [6.07, 6.45) is 0.998. The standard InChI is InChI=1S/C41H57N7O7S/c1-7-36(31-17-13-10-14-18-31)45-40(51)33-24-32(25-35(26-33)47(6)56(53,54)48-19-21-55-22-20-48)39(50)44-34(23-30-15-11-9-12-16-30)27-43-29(5)38(49)46-37(28(3)4)41(52)42-8-2/h9-18,24-26,28-29,34,36-37,43H,7-8,19-23,27H2,1-6H3,(H,42,52)(H,44,50)(H,45,51)(H,46,49)/t29-,34-,36+,37-/m0/s1. The van der Waals surface area contributed by atoms with Gasteiger partial charge in [0.1, 0.15) is 6.04 Å². The summed E-state index contributed by atoms with van der Waals surface area (Å²) in [5, 5.41) is 14.9. The van der Waals surface area contributed by atoms with Crippen molar-refractivity contribution < 1.29 is 32.3 Å². The third-order valence-electron chi connectivity index (χ3n) is 9.69. The van der Waals surface area contributed by atoms with Crippen LogP contribution in [0.2, 0.25) is 0 Å². The molecule has 0 unspecified atom stereocenters. The molecule has 56 heavy (non-hydrogen) atoms. The average molecular weight is 792 g/mol. The Kier molecular flexibility index (Phi) is 16.4. The lowest BCUT2D eigenvalue weighted by Gasteiger charge is -2.31. The molecule has 3 aromatic carbocycles. The fourth-order valence-corrected chi connectivity index (χ4v) is 7.67. The molecule has 3 aromatic rings. The van der Waals surface area contributed by atoms with E-state index < -0.39 is 40.1 Å². The first-order valence-corrected chi connectivity index (χ1v) is 20.6. The lowest BCUT2D eigenvalue weighted by atomic mass is 10.0. The largest absolute Gasteiger partial charge is 0.379 e. The minimum Gasteiger partial charge on any atom is -0.379 e. The summed E-state index contributed by atoms with van der Waals surface area (Å²) in [5.41, 5.74) is 2.17. The molecule has 0 aromatic heterocycles. The Balaban J connectivity index is 1.62. The highest BCUT2D eigenvalue weighted by molar-refractivity contribution is 7.90. The minimum atomic E-state index is -4.03. The van der Waals surface area contributed by atoms with E-state index in [-0.39, 0.29) is 73.4 Å². The maximum Gasteiger partial charge on any atom is 0.303 e. The molecule has 15 heteroatoms. The van der Waals surface area contributed by atoms with E-state index in [1.807, 2.05) is 88.4 Å². The van der Waals surface area contributed by atoms with Crippen LogP contribution in [-0.4, -0.2) is 101 Å². The van der Waals surface area contributed by atoms with E-state index in [0.29, 0.717) is 19.4 Å². The Labute approximate surface area is 331 Å². The van der Waals surface area contributed by atoms with E-state index in [0.717, 1.165) is 15.4 Å². The molecule has 4 rings (SSSR count). The van der Waals surface area contributed by atoms with Gasteiger partial charge >= 0.3 is 10.2 Å². The molecule has 1 saturated heterocycles. The maximum absolute atomic E-state index is 14.2. The Morgan fingerprint density at radius 3 is 1.96 bits per heavy atom. The van der Waals surface area contributed by atoms with E-state index >= 15 is 0 Å². The van der Waals surface area contributed by atoms with Gasteiger partial charge in [0.05, 0.1) is 31.0 Å². The molecule has 1 heterocycles. The van der Waals surface area contributed by atoms with Crippen molar-refractivity contribution in [3.8, 4) is 0 Å². The summed E-state index contributed by atoms with van der Waals surface area (Å²) in [4.78, 5) is 53.9. The number of rotatable bonds is 19. The number of hydrogen-bond acceptors (Lipinski definition) is 8. The van der Waals surface area contributed by atoms with Gasteiger partial charge in [-0.15, -0.1) is 0 Å². The predicted molar refractivity (Wildman–Crippen MR) is 217 cm³/mol. The minimum absolute atomic E-state index is 0.0787. The van der Waals surface area contributed by atoms with Gasteiger partial charge in [-0.1, -0.05) is 81.4 Å². The van der Waals surface area contributed by atoms with Gasteiger partial charge in [-0.3, -0.25) is 23.5 Å². The molecule has 0 radical (unpaired) electrons. The number of hydrogen-bond donors (Lipinski definition) is 5. The second kappa shape index (κ2) is 20.9. The molecule has 1 aliphatic heterocycles. The second-order valence-electron chi connectivity index (χ2n) is 14.2. The lowest BCUT2D eigenvalue weighted by molar-refractivity contribution is -0.130. The number of ether oxygens (including phenoxy) is 1. The molecule has 5 N–H and O–H groups in total. The smallest absolute Gasteiger partial charge is 0.303 e. The van der Waals surface area contributed by atoms with Crippen LogP contribution >= 0.6 is 0 Å². The van der Waals surface area contributed by atoms with Crippen LogP contribution in [0.3, 0.4) is 0 Å². The summed E-state index contributed by atoms with van der Waals surface area (Å²) in [6.45, 7) is 10.6. The van der Waals surface area contributed by atoms with Crippen molar-refractivity contribution in [2.75, 3.05) is 50.7 Å². The Bertz CT molecular complexity index is 1870. The highest BCUT2D eigenvalue weighted by Gasteiger charge is 2.31. The van der Waals surface area contributed by atoms with Crippen molar-refractivity contribution in [1.29, 1.82) is 0 Å². The van der Waals surface area contributed by atoms with Crippen molar-refractivity contribution in [2.24, 2.45) is 5.92 Å². The number of carbonyl (C=O) groups is 4. The van der Waals surface area contributed by atoms with Gasteiger partial charge in [-0.05, 0) is 61.9 Å². The third kappa shape index (κ3) is 12.1. The Morgan fingerprint density at radius 2 is 1.39 bits per heavy atom. The van der Waals surface area contributed by atoms with Gasteiger partial charge in [-0.2, -0.15) is 12.7 Å². The van der Waals surface area contributed by atoms with Crippen LogP contribution in [0, 0.1) is 5.92 Å². The van der Waals surface area contributed by atoms with Gasteiger partial charge in [0.25, 0.3) is 11.8 Å². The quantitative estimate of drug-likeness (QED) is 0.123. The fourth-order valence-electron chi connectivity index (χ4n) is 6.34. The van der Waals surface area contributed by atoms with E-state index in [9.17, 15) is 27.6 Å². The van der Waals surface area contributed by atoms with Crippen LogP contribution in [0.25, 0.3) is 0 Å². The van der Waals surface area contributed by atoms with Crippen LogP contribution in [0.1, 0.15) is 78.9 Å². The van der Waals surface area contributed by atoms with Crippen molar-refractivity contribution in [1.82, 2.24) is 30.9 Å². The monoisotopic (exact) mass is 791 g/mol. The molecule has 0 spiro atoms. The van der Waals surface area contributed by atoms with Gasteiger partial charge in [0.15, 0.2) is 0 Å². The molecule has 4 amide bonds. The Hall–Kier alpha value is -4.83. The van der Waals surface area contributed by atoms with Crippen molar-refractivity contribution >= 4 is 39.5 Å². The highest BCUT2D eigenvalue weighted by Crippen LogP contribution is 2.25. The molecule has 14 nitrogen and oxygen atoms in total. The SMILES string of the molecule is CCNC(=O)[C@@H](NC(=O)[C@H](C)NC[C@H](Cc1ccccc1)NC(=O)c1cc(C(=O)N[C@H](CC)c2ccccc2)cc(N(C)S(=O)(=O)N2CCOCC2)c1)C(C)C. The van der Waals surface area contributed by atoms with Crippen LogP contribution in [0.15, 0.2) is 78.9 Å². The first kappa shape index (κ1) is 43.9. The first-order chi connectivity index (χ1) is 26.7. The summed E-state index contributed by atoms with van der Waals surface area (Å²) in [6, 6.07) is 21.1. The first-order valence-electron chi connectivity index (χ1n) is 19.2. The number of benzene rings is 3. The topological polar surface area (TPSA) is 178 Å². The molecule has 0 saturated carbocycles. The molecule has 1 fully saturated rings. The number of likely N-dealkylation sites (N-methyl/N-ethyl adjacent to an activating group) is 1. The second-order valence-corrected chi connectivity index (χ2v) is 16.2. The number of carbonyl (C=O) groups excluding carboxylic acids is 4. The van der Waals surface area contributed by atoms with E-state index in [1.165, 1.54) is 29.6 Å². The summed E-state index contributed by atoms with van der Waals surface area (Å²) < 4.78 is 35.2. The normalized spacial score (nSPS) is 15.6. The lowest BCUT2D eigenvalue weighted by Crippen LogP contribution is -2.55. The molecule has 0 bridgehead atoms. The number of amides is 4. The van der Waals surface area contributed by atoms with E-state index in [1.54, 1.807) is 6.92 Å². The van der Waals surface area contributed by atoms with Gasteiger partial charge in [0.2, 0.25) is 11.8 Å². The van der Waals surface area contributed by atoms with E-state index in [4.69, 9.17) is 4.74 Å². The van der Waals surface area contributed by atoms with Gasteiger partial charge in [0, 0.05) is 50.4 Å². The van der Waals surface area contributed by atoms with Crippen molar-refractivity contribution in [2.45, 2.75) is 71.6 Å². The molecule has 4 atom stereocenters. The average Bonchev–Trinajstić information content (AvgIpc) is 3.21. The zero-order valence-corrected chi connectivity index (χ0v) is 34.0. The number of nitrogens with one attached hydrogen (secondary N) is 5. The van der Waals surface area contributed by atoms with Crippen LogP contribution in [-0.2, 0) is 31.0 Å². The van der Waals surface area contributed by atoms with Crippen LogP contribution in [0.4, 0.5) is 5.69 Å². The van der Waals surface area contributed by atoms with Gasteiger partial charge < -0.3 is 31.3 Å². The van der Waals surface area contributed by atoms with Crippen molar-refractivity contribution in [3.63, 3.8) is 0 Å². The third-order valence-corrected chi connectivity index (χ3v) is 11.6. The number of morpholine rings is 1. The molecular weight excluding hydrogens is 735 g/mol.